The van der Waals surface area contributed by atoms with Gasteiger partial charge in [-0.3, -0.25) is 14.5 Å². The normalized spacial score (nSPS) is 16.6. The molecule has 0 saturated carbocycles. The molecule has 1 aliphatic heterocycles. The van der Waals surface area contributed by atoms with E-state index in [0.29, 0.717) is 33.9 Å². The zero-order valence-corrected chi connectivity index (χ0v) is 20.1. The highest BCUT2D eigenvalue weighted by atomic mass is 16.5. The fourth-order valence-corrected chi connectivity index (χ4v) is 4.08. The molecule has 0 radical (unpaired) electrons. The quantitative estimate of drug-likeness (QED) is 0.226. The van der Waals surface area contributed by atoms with Gasteiger partial charge in [-0.2, -0.15) is 0 Å². The number of methoxy groups -OCH3 is 2. The summed E-state index contributed by atoms with van der Waals surface area (Å²) in [6, 6.07) is 18.7. The number of ether oxygens (including phenoxy) is 3. The highest BCUT2D eigenvalue weighted by Crippen LogP contribution is 2.42. The second-order valence-electron chi connectivity index (χ2n) is 7.94. The number of benzene rings is 3. The standard InChI is InChI=1S/C28H25NO7/c1-4-36-28(33)19-5-11-20(12-6-19)29-24(17-7-13-21(34-2)14-8-17)23(26(31)27(29)32)25(30)18-9-15-22(35-3)16-10-18/h5-16,24,30H,4H2,1-3H3/b25-23+/t24-/m0/s1. The lowest BCUT2D eigenvalue weighted by Crippen LogP contribution is -2.29. The van der Waals surface area contributed by atoms with Gasteiger partial charge < -0.3 is 19.3 Å². The number of carbonyl (C=O) groups is 3. The van der Waals surface area contributed by atoms with E-state index in [1.807, 2.05) is 0 Å². The van der Waals surface area contributed by atoms with Crippen LogP contribution in [0, 0.1) is 0 Å². The predicted octanol–water partition coefficient (Wildman–Crippen LogP) is 4.51. The molecule has 0 aliphatic carbocycles. The van der Waals surface area contributed by atoms with Crippen molar-refractivity contribution < 1.29 is 33.7 Å². The molecule has 0 bridgehead atoms. The van der Waals surface area contributed by atoms with Crippen LogP contribution in [0.1, 0.15) is 34.5 Å². The molecule has 8 nitrogen and oxygen atoms in total. The fourth-order valence-electron chi connectivity index (χ4n) is 4.08. The summed E-state index contributed by atoms with van der Waals surface area (Å²) in [7, 11) is 3.06. The molecular formula is C28H25NO7. The van der Waals surface area contributed by atoms with Gasteiger partial charge in [-0.1, -0.05) is 12.1 Å². The van der Waals surface area contributed by atoms with Crippen LogP contribution in [-0.2, 0) is 14.3 Å². The molecule has 1 N–H and O–H groups in total. The Kier molecular flexibility index (Phi) is 7.05. The first-order valence-corrected chi connectivity index (χ1v) is 11.3. The van der Waals surface area contributed by atoms with E-state index in [1.54, 1.807) is 67.6 Å². The van der Waals surface area contributed by atoms with E-state index >= 15 is 0 Å². The van der Waals surface area contributed by atoms with Crippen LogP contribution in [0.15, 0.2) is 78.4 Å². The van der Waals surface area contributed by atoms with Gasteiger partial charge in [0.1, 0.15) is 17.3 Å². The zero-order chi connectivity index (χ0) is 25.8. The van der Waals surface area contributed by atoms with E-state index in [1.165, 1.54) is 31.3 Å². The largest absolute Gasteiger partial charge is 0.507 e. The first kappa shape index (κ1) is 24.5. The minimum Gasteiger partial charge on any atom is -0.507 e. The Labute approximate surface area is 208 Å². The second-order valence-corrected chi connectivity index (χ2v) is 7.94. The monoisotopic (exact) mass is 487 g/mol. The molecule has 1 aliphatic rings. The van der Waals surface area contributed by atoms with Gasteiger partial charge in [0, 0.05) is 11.3 Å². The third-order valence-corrected chi connectivity index (χ3v) is 5.90. The van der Waals surface area contributed by atoms with Crippen molar-refractivity contribution in [2.75, 3.05) is 25.7 Å². The van der Waals surface area contributed by atoms with Crippen molar-refractivity contribution in [3.05, 3.63) is 95.1 Å². The molecule has 1 saturated heterocycles. The van der Waals surface area contributed by atoms with Crippen molar-refractivity contribution in [2.24, 2.45) is 0 Å². The minimum atomic E-state index is -0.911. The maximum atomic E-state index is 13.3. The molecule has 1 amide bonds. The van der Waals surface area contributed by atoms with Crippen molar-refractivity contribution in [3.8, 4) is 11.5 Å². The lowest BCUT2D eigenvalue weighted by molar-refractivity contribution is -0.132. The van der Waals surface area contributed by atoms with Crippen LogP contribution in [0.2, 0.25) is 0 Å². The molecule has 1 fully saturated rings. The number of carbonyl (C=O) groups excluding carboxylic acids is 3. The highest BCUT2D eigenvalue weighted by molar-refractivity contribution is 6.51. The summed E-state index contributed by atoms with van der Waals surface area (Å²) in [4.78, 5) is 39.9. The highest BCUT2D eigenvalue weighted by Gasteiger charge is 2.47. The van der Waals surface area contributed by atoms with Crippen LogP contribution in [0.4, 0.5) is 5.69 Å². The molecule has 0 spiro atoms. The molecule has 3 aromatic rings. The molecule has 8 heteroatoms. The van der Waals surface area contributed by atoms with Gasteiger partial charge in [0.05, 0.1) is 38.0 Å². The molecule has 1 atom stereocenters. The van der Waals surface area contributed by atoms with Crippen molar-refractivity contribution in [1.29, 1.82) is 0 Å². The van der Waals surface area contributed by atoms with Gasteiger partial charge in [0.25, 0.3) is 11.7 Å². The van der Waals surface area contributed by atoms with Crippen molar-refractivity contribution >= 4 is 29.1 Å². The number of hydrogen-bond donors (Lipinski definition) is 1. The Morgan fingerprint density at radius 3 is 1.89 bits per heavy atom. The van der Waals surface area contributed by atoms with Crippen molar-refractivity contribution in [2.45, 2.75) is 13.0 Å². The predicted molar refractivity (Wildman–Crippen MR) is 133 cm³/mol. The first-order valence-electron chi connectivity index (χ1n) is 11.3. The maximum absolute atomic E-state index is 13.3. The Bertz CT molecular complexity index is 1310. The average Bonchev–Trinajstić information content (AvgIpc) is 3.18. The molecular weight excluding hydrogens is 462 g/mol. The van der Waals surface area contributed by atoms with E-state index in [9.17, 15) is 19.5 Å². The second kappa shape index (κ2) is 10.4. The molecule has 1 heterocycles. The molecule has 0 aromatic heterocycles. The summed E-state index contributed by atoms with van der Waals surface area (Å²) in [5.41, 5.74) is 1.62. The number of Topliss-reactive ketones (excluding diaryl/α,β-unsaturated/α-hetero) is 1. The van der Waals surface area contributed by atoms with Crippen LogP contribution in [0.25, 0.3) is 5.76 Å². The topological polar surface area (TPSA) is 102 Å². The van der Waals surface area contributed by atoms with Crippen LogP contribution in [0.5, 0.6) is 11.5 Å². The SMILES string of the molecule is CCOC(=O)c1ccc(N2C(=O)C(=O)/C(=C(/O)c3ccc(OC)cc3)[C@@H]2c2ccc(OC)cc2)cc1. The number of aliphatic hydroxyl groups excluding tert-OH is 1. The lowest BCUT2D eigenvalue weighted by atomic mass is 9.95. The molecule has 0 unspecified atom stereocenters. The van der Waals surface area contributed by atoms with Crippen molar-refractivity contribution in [3.63, 3.8) is 0 Å². The number of aliphatic hydroxyl groups is 1. The molecule has 4 rings (SSSR count). The van der Waals surface area contributed by atoms with Crippen LogP contribution >= 0.6 is 0 Å². The summed E-state index contributed by atoms with van der Waals surface area (Å²) in [6.07, 6.45) is 0. The summed E-state index contributed by atoms with van der Waals surface area (Å²) in [6.45, 7) is 1.95. The number of hydrogen-bond acceptors (Lipinski definition) is 7. The van der Waals surface area contributed by atoms with Gasteiger partial charge in [0.2, 0.25) is 0 Å². The number of rotatable bonds is 7. The summed E-state index contributed by atoms with van der Waals surface area (Å²) >= 11 is 0. The van der Waals surface area contributed by atoms with E-state index < -0.39 is 23.7 Å². The maximum Gasteiger partial charge on any atom is 0.338 e. The molecule has 36 heavy (non-hydrogen) atoms. The summed E-state index contributed by atoms with van der Waals surface area (Å²) in [5.74, 6) is -1.22. The average molecular weight is 488 g/mol. The zero-order valence-electron chi connectivity index (χ0n) is 20.1. The summed E-state index contributed by atoms with van der Waals surface area (Å²) in [5, 5.41) is 11.2. The van der Waals surface area contributed by atoms with Crippen LogP contribution in [0.3, 0.4) is 0 Å². The minimum absolute atomic E-state index is 0.0511. The smallest absolute Gasteiger partial charge is 0.338 e. The number of nitrogens with zero attached hydrogens (tertiary/aromatic N) is 1. The van der Waals surface area contributed by atoms with Gasteiger partial charge in [-0.25, -0.2) is 4.79 Å². The third kappa shape index (κ3) is 4.53. The number of amides is 1. The van der Waals surface area contributed by atoms with E-state index in [-0.39, 0.29) is 17.9 Å². The van der Waals surface area contributed by atoms with E-state index in [4.69, 9.17) is 14.2 Å². The third-order valence-electron chi connectivity index (χ3n) is 5.90. The Morgan fingerprint density at radius 2 is 1.36 bits per heavy atom. The number of esters is 1. The van der Waals surface area contributed by atoms with Gasteiger partial charge in [-0.15, -0.1) is 0 Å². The van der Waals surface area contributed by atoms with Crippen LogP contribution < -0.4 is 14.4 Å². The number of anilines is 1. The molecule has 3 aromatic carbocycles. The molecule has 184 valence electrons. The van der Waals surface area contributed by atoms with Gasteiger partial charge >= 0.3 is 5.97 Å². The Morgan fingerprint density at radius 1 is 0.833 bits per heavy atom. The summed E-state index contributed by atoms with van der Waals surface area (Å²) < 4.78 is 15.4. The van der Waals surface area contributed by atoms with Crippen molar-refractivity contribution in [1.82, 2.24) is 0 Å². The van der Waals surface area contributed by atoms with Gasteiger partial charge in [0.15, 0.2) is 0 Å². The van der Waals surface area contributed by atoms with E-state index in [2.05, 4.69) is 0 Å². The first-order chi connectivity index (χ1) is 17.4. The van der Waals surface area contributed by atoms with Crippen LogP contribution in [-0.4, -0.2) is 43.6 Å². The Hall–Kier alpha value is -4.59. The number of ketones is 1. The lowest BCUT2D eigenvalue weighted by Gasteiger charge is -2.25. The van der Waals surface area contributed by atoms with Gasteiger partial charge in [-0.05, 0) is 73.2 Å². The fraction of sp³-hybridized carbons (Fsp3) is 0.179. The Balaban J connectivity index is 1.84. The van der Waals surface area contributed by atoms with E-state index in [0.717, 1.165) is 0 Å².